The number of aryl methyl sites for hydroxylation is 2. The Morgan fingerprint density at radius 3 is 2.90 bits per heavy atom. The van der Waals surface area contributed by atoms with E-state index < -0.39 is 0 Å². The Labute approximate surface area is 121 Å². The molecule has 0 bridgehead atoms. The Morgan fingerprint density at radius 2 is 2.10 bits per heavy atom. The van der Waals surface area contributed by atoms with E-state index in [1.165, 1.54) is 30.4 Å². The summed E-state index contributed by atoms with van der Waals surface area (Å²) in [5, 5.41) is 0. The SMILES string of the molecule is Cc1ccc(C(N)CC2CCCc3ccccc32)cn1. The van der Waals surface area contributed by atoms with Crippen molar-refractivity contribution in [2.75, 3.05) is 0 Å². The van der Waals surface area contributed by atoms with Crippen molar-refractivity contribution in [2.45, 2.75) is 44.6 Å². The van der Waals surface area contributed by atoms with Crippen LogP contribution in [0.2, 0.25) is 0 Å². The van der Waals surface area contributed by atoms with Gasteiger partial charge in [0, 0.05) is 17.9 Å². The Kier molecular flexibility index (Phi) is 3.83. The van der Waals surface area contributed by atoms with Crippen LogP contribution in [0, 0.1) is 6.92 Å². The number of pyridine rings is 1. The highest BCUT2D eigenvalue weighted by atomic mass is 14.7. The van der Waals surface area contributed by atoms with Crippen LogP contribution in [0.4, 0.5) is 0 Å². The maximum absolute atomic E-state index is 6.39. The molecule has 1 aromatic carbocycles. The molecule has 2 nitrogen and oxygen atoms in total. The van der Waals surface area contributed by atoms with Gasteiger partial charge >= 0.3 is 0 Å². The van der Waals surface area contributed by atoms with Crippen LogP contribution in [0.15, 0.2) is 42.6 Å². The summed E-state index contributed by atoms with van der Waals surface area (Å²) >= 11 is 0. The average molecular weight is 266 g/mol. The number of aromatic nitrogens is 1. The molecule has 2 unspecified atom stereocenters. The van der Waals surface area contributed by atoms with Gasteiger partial charge in [0.2, 0.25) is 0 Å². The number of benzene rings is 1. The van der Waals surface area contributed by atoms with Crippen molar-refractivity contribution in [1.82, 2.24) is 4.98 Å². The second-order valence-electron chi connectivity index (χ2n) is 5.86. The summed E-state index contributed by atoms with van der Waals surface area (Å²) in [6, 6.07) is 13.1. The van der Waals surface area contributed by atoms with Gasteiger partial charge in [0.05, 0.1) is 0 Å². The lowest BCUT2D eigenvalue weighted by Crippen LogP contribution is -2.18. The summed E-state index contributed by atoms with van der Waals surface area (Å²) in [7, 11) is 0. The van der Waals surface area contributed by atoms with Crippen LogP contribution in [0.3, 0.4) is 0 Å². The van der Waals surface area contributed by atoms with Gasteiger partial charge in [-0.3, -0.25) is 4.98 Å². The Morgan fingerprint density at radius 1 is 1.25 bits per heavy atom. The van der Waals surface area contributed by atoms with Gasteiger partial charge in [0.15, 0.2) is 0 Å². The van der Waals surface area contributed by atoms with Gasteiger partial charge in [-0.05, 0) is 61.3 Å². The fourth-order valence-corrected chi connectivity index (χ4v) is 3.24. The number of nitrogens with zero attached hydrogens (tertiary/aromatic N) is 1. The molecular weight excluding hydrogens is 244 g/mol. The first-order valence-corrected chi connectivity index (χ1v) is 7.50. The molecule has 0 saturated heterocycles. The molecule has 3 rings (SSSR count). The molecule has 0 spiro atoms. The van der Waals surface area contributed by atoms with Crippen LogP contribution in [-0.4, -0.2) is 4.98 Å². The number of fused-ring (bicyclic) bond motifs is 1. The highest BCUT2D eigenvalue weighted by Crippen LogP contribution is 2.36. The molecule has 20 heavy (non-hydrogen) atoms. The smallest absolute Gasteiger partial charge is 0.0372 e. The highest BCUT2D eigenvalue weighted by molar-refractivity contribution is 5.33. The zero-order valence-electron chi connectivity index (χ0n) is 12.0. The van der Waals surface area contributed by atoms with Gasteiger partial charge in [0.25, 0.3) is 0 Å². The molecule has 1 aliphatic carbocycles. The van der Waals surface area contributed by atoms with E-state index >= 15 is 0 Å². The molecule has 2 atom stereocenters. The second kappa shape index (κ2) is 5.76. The summed E-state index contributed by atoms with van der Waals surface area (Å²) in [5.41, 5.74) is 11.6. The summed E-state index contributed by atoms with van der Waals surface area (Å²) in [4.78, 5) is 4.36. The van der Waals surface area contributed by atoms with Crippen molar-refractivity contribution < 1.29 is 0 Å². The zero-order valence-corrected chi connectivity index (χ0v) is 12.0. The van der Waals surface area contributed by atoms with E-state index in [1.54, 1.807) is 0 Å². The van der Waals surface area contributed by atoms with Crippen LogP contribution in [0.25, 0.3) is 0 Å². The third-order valence-corrected chi connectivity index (χ3v) is 4.39. The van der Waals surface area contributed by atoms with Gasteiger partial charge in [-0.15, -0.1) is 0 Å². The van der Waals surface area contributed by atoms with Crippen molar-refractivity contribution in [3.63, 3.8) is 0 Å². The highest BCUT2D eigenvalue weighted by Gasteiger charge is 2.22. The minimum absolute atomic E-state index is 0.0826. The predicted molar refractivity (Wildman–Crippen MR) is 82.6 cm³/mol. The molecule has 0 amide bonds. The number of nitrogens with two attached hydrogens (primary N) is 1. The third-order valence-electron chi connectivity index (χ3n) is 4.39. The van der Waals surface area contributed by atoms with Crippen LogP contribution in [0.5, 0.6) is 0 Å². The average Bonchev–Trinajstić information content (AvgIpc) is 2.48. The molecule has 1 heterocycles. The first-order valence-electron chi connectivity index (χ1n) is 7.50. The standard InChI is InChI=1S/C18H22N2/c1-13-9-10-16(12-20-13)18(19)11-15-7-4-6-14-5-2-3-8-17(14)15/h2-3,5,8-10,12,15,18H,4,6-7,11,19H2,1H3. The minimum atomic E-state index is 0.0826. The summed E-state index contributed by atoms with van der Waals surface area (Å²) < 4.78 is 0. The summed E-state index contributed by atoms with van der Waals surface area (Å²) in [6.07, 6.45) is 6.69. The predicted octanol–water partition coefficient (Wildman–Crippen LogP) is 3.90. The maximum Gasteiger partial charge on any atom is 0.0372 e. The molecular formula is C18H22N2. The minimum Gasteiger partial charge on any atom is -0.324 e. The molecule has 1 aromatic heterocycles. The molecule has 2 aromatic rings. The van der Waals surface area contributed by atoms with Crippen molar-refractivity contribution in [3.05, 3.63) is 65.0 Å². The topological polar surface area (TPSA) is 38.9 Å². The van der Waals surface area contributed by atoms with Gasteiger partial charge in [-0.2, -0.15) is 0 Å². The second-order valence-corrected chi connectivity index (χ2v) is 5.86. The Balaban J connectivity index is 1.77. The van der Waals surface area contributed by atoms with E-state index in [-0.39, 0.29) is 6.04 Å². The van der Waals surface area contributed by atoms with Crippen LogP contribution in [0.1, 0.15) is 53.6 Å². The number of rotatable bonds is 3. The first kappa shape index (κ1) is 13.3. The van der Waals surface area contributed by atoms with Gasteiger partial charge < -0.3 is 5.73 Å². The number of hydrogen-bond donors (Lipinski definition) is 1. The monoisotopic (exact) mass is 266 g/mol. The van der Waals surface area contributed by atoms with E-state index in [0.29, 0.717) is 5.92 Å². The Hall–Kier alpha value is -1.67. The molecule has 0 radical (unpaired) electrons. The fraction of sp³-hybridized carbons (Fsp3) is 0.389. The van der Waals surface area contributed by atoms with Crippen LogP contribution >= 0.6 is 0 Å². The quantitative estimate of drug-likeness (QED) is 0.915. The molecule has 2 N–H and O–H groups in total. The normalized spacial score (nSPS) is 19.4. The fourth-order valence-electron chi connectivity index (χ4n) is 3.24. The van der Waals surface area contributed by atoms with E-state index in [1.807, 2.05) is 19.2 Å². The third kappa shape index (κ3) is 2.75. The van der Waals surface area contributed by atoms with Gasteiger partial charge in [-0.25, -0.2) is 0 Å². The molecule has 2 heteroatoms. The van der Waals surface area contributed by atoms with Gasteiger partial charge in [0.1, 0.15) is 0 Å². The van der Waals surface area contributed by atoms with Gasteiger partial charge in [-0.1, -0.05) is 30.3 Å². The number of hydrogen-bond acceptors (Lipinski definition) is 2. The lowest BCUT2D eigenvalue weighted by Gasteiger charge is -2.27. The zero-order chi connectivity index (χ0) is 13.9. The van der Waals surface area contributed by atoms with Crippen molar-refractivity contribution in [2.24, 2.45) is 5.73 Å². The molecule has 0 saturated carbocycles. The van der Waals surface area contributed by atoms with Crippen molar-refractivity contribution in [1.29, 1.82) is 0 Å². The van der Waals surface area contributed by atoms with Crippen molar-refractivity contribution >= 4 is 0 Å². The molecule has 0 fully saturated rings. The lowest BCUT2D eigenvalue weighted by atomic mass is 9.79. The largest absolute Gasteiger partial charge is 0.324 e. The summed E-state index contributed by atoms with van der Waals surface area (Å²) in [6.45, 7) is 2.01. The van der Waals surface area contributed by atoms with E-state index in [0.717, 1.165) is 17.7 Å². The van der Waals surface area contributed by atoms with E-state index in [9.17, 15) is 0 Å². The summed E-state index contributed by atoms with van der Waals surface area (Å²) in [5.74, 6) is 0.594. The maximum atomic E-state index is 6.39. The molecule has 1 aliphatic rings. The van der Waals surface area contributed by atoms with E-state index in [4.69, 9.17) is 5.73 Å². The lowest BCUT2D eigenvalue weighted by molar-refractivity contribution is 0.476. The van der Waals surface area contributed by atoms with Crippen molar-refractivity contribution in [3.8, 4) is 0 Å². The van der Waals surface area contributed by atoms with E-state index in [2.05, 4.69) is 35.3 Å². The van der Waals surface area contributed by atoms with Crippen LogP contribution in [-0.2, 0) is 6.42 Å². The molecule has 0 aliphatic heterocycles. The first-order chi connectivity index (χ1) is 9.74. The molecule has 104 valence electrons. The van der Waals surface area contributed by atoms with Crippen LogP contribution < -0.4 is 5.73 Å². The Bertz CT molecular complexity index is 574.